The zero-order chi connectivity index (χ0) is 13.9. The Morgan fingerprint density at radius 3 is 2.95 bits per heavy atom. The van der Waals surface area contributed by atoms with Crippen molar-refractivity contribution in [1.82, 2.24) is 0 Å². The normalized spacial score (nSPS) is 26.2. The SMILES string of the molecule is CCOC(=O)C1(Nc2cccc(C)c2)CCSC1C. The molecule has 1 heterocycles. The summed E-state index contributed by atoms with van der Waals surface area (Å²) in [5, 5.41) is 3.65. The molecule has 104 valence electrons. The predicted octanol–water partition coefficient (Wildman–Crippen LogP) is 3.23. The summed E-state index contributed by atoms with van der Waals surface area (Å²) in [6.07, 6.45) is 0.811. The third-order valence-electron chi connectivity index (χ3n) is 3.58. The number of nitrogens with one attached hydrogen (secondary N) is 1. The van der Waals surface area contributed by atoms with E-state index in [1.165, 1.54) is 5.56 Å². The zero-order valence-electron chi connectivity index (χ0n) is 11.7. The number of hydrogen-bond donors (Lipinski definition) is 1. The van der Waals surface area contributed by atoms with Crippen molar-refractivity contribution in [1.29, 1.82) is 0 Å². The summed E-state index contributed by atoms with van der Waals surface area (Å²) in [6.45, 7) is 6.42. The number of ether oxygens (including phenoxy) is 1. The van der Waals surface area contributed by atoms with Crippen LogP contribution in [0.4, 0.5) is 5.69 Å². The van der Waals surface area contributed by atoms with E-state index in [0.717, 1.165) is 17.9 Å². The van der Waals surface area contributed by atoms with Crippen molar-refractivity contribution in [3.63, 3.8) is 0 Å². The fourth-order valence-electron chi connectivity index (χ4n) is 2.47. The first-order valence-corrected chi connectivity index (χ1v) is 7.77. The molecule has 2 rings (SSSR count). The van der Waals surface area contributed by atoms with Gasteiger partial charge in [-0.3, -0.25) is 0 Å². The molecule has 4 heteroatoms. The van der Waals surface area contributed by atoms with Gasteiger partial charge in [0.05, 0.1) is 6.61 Å². The molecule has 1 aliphatic rings. The first-order chi connectivity index (χ1) is 9.08. The Morgan fingerprint density at radius 1 is 1.58 bits per heavy atom. The van der Waals surface area contributed by atoms with Crippen LogP contribution in [-0.4, -0.2) is 29.1 Å². The van der Waals surface area contributed by atoms with Crippen LogP contribution in [0.5, 0.6) is 0 Å². The Bertz CT molecular complexity index is 463. The highest BCUT2D eigenvalue weighted by molar-refractivity contribution is 8.00. The van der Waals surface area contributed by atoms with Gasteiger partial charge in [0.1, 0.15) is 5.54 Å². The summed E-state index contributed by atoms with van der Waals surface area (Å²) in [5.41, 5.74) is 1.58. The summed E-state index contributed by atoms with van der Waals surface area (Å²) in [6, 6.07) is 8.12. The van der Waals surface area contributed by atoms with Gasteiger partial charge in [0.15, 0.2) is 0 Å². The van der Waals surface area contributed by atoms with Crippen LogP contribution in [0.25, 0.3) is 0 Å². The van der Waals surface area contributed by atoms with Gasteiger partial charge in [0.25, 0.3) is 0 Å². The van der Waals surface area contributed by atoms with Crippen molar-refractivity contribution in [2.45, 2.75) is 38.0 Å². The fraction of sp³-hybridized carbons (Fsp3) is 0.533. The number of carbonyl (C=O) groups is 1. The lowest BCUT2D eigenvalue weighted by molar-refractivity contribution is -0.148. The molecule has 2 unspecified atom stereocenters. The lowest BCUT2D eigenvalue weighted by Gasteiger charge is -2.32. The van der Waals surface area contributed by atoms with E-state index >= 15 is 0 Å². The summed E-state index contributed by atoms with van der Waals surface area (Å²) in [7, 11) is 0. The number of aryl methyl sites for hydroxylation is 1. The molecule has 0 amide bonds. The van der Waals surface area contributed by atoms with Gasteiger partial charge in [-0.05, 0) is 43.7 Å². The minimum Gasteiger partial charge on any atom is -0.464 e. The Balaban J connectivity index is 2.26. The van der Waals surface area contributed by atoms with E-state index in [1.807, 2.05) is 30.8 Å². The van der Waals surface area contributed by atoms with Crippen LogP contribution in [0, 0.1) is 6.92 Å². The van der Waals surface area contributed by atoms with Gasteiger partial charge in [-0.15, -0.1) is 0 Å². The molecule has 3 nitrogen and oxygen atoms in total. The molecular formula is C15H21NO2S. The third kappa shape index (κ3) is 2.89. The maximum atomic E-state index is 12.4. The molecule has 0 bridgehead atoms. The van der Waals surface area contributed by atoms with Crippen LogP contribution in [0.1, 0.15) is 25.8 Å². The molecule has 1 aromatic rings. The van der Waals surface area contributed by atoms with E-state index in [-0.39, 0.29) is 11.2 Å². The van der Waals surface area contributed by atoms with Crippen LogP contribution in [0.2, 0.25) is 0 Å². The van der Waals surface area contributed by atoms with E-state index in [1.54, 1.807) is 0 Å². The standard InChI is InChI=1S/C15H21NO2S/c1-4-18-14(17)15(8-9-19-12(15)3)16-13-7-5-6-11(2)10-13/h5-7,10,12,16H,4,8-9H2,1-3H3. The molecule has 0 aromatic heterocycles. The van der Waals surface area contributed by atoms with Crippen molar-refractivity contribution < 1.29 is 9.53 Å². The monoisotopic (exact) mass is 279 g/mol. The van der Waals surface area contributed by atoms with Crippen molar-refractivity contribution >= 4 is 23.4 Å². The number of rotatable bonds is 4. The second-order valence-electron chi connectivity index (χ2n) is 4.95. The van der Waals surface area contributed by atoms with Crippen LogP contribution in [0.15, 0.2) is 24.3 Å². The van der Waals surface area contributed by atoms with E-state index in [4.69, 9.17) is 4.74 Å². The van der Waals surface area contributed by atoms with Crippen molar-refractivity contribution in [3.8, 4) is 0 Å². The first-order valence-electron chi connectivity index (χ1n) is 6.72. The molecule has 0 spiro atoms. The maximum absolute atomic E-state index is 12.4. The number of esters is 1. The lowest BCUT2D eigenvalue weighted by Crippen LogP contribution is -2.51. The number of thioether (sulfide) groups is 1. The molecule has 1 N–H and O–H groups in total. The van der Waals surface area contributed by atoms with Crippen molar-refractivity contribution in [2.75, 3.05) is 17.7 Å². The summed E-state index contributed by atoms with van der Waals surface area (Å²) in [5.74, 6) is 0.854. The highest BCUT2D eigenvalue weighted by Crippen LogP contribution is 2.39. The summed E-state index contributed by atoms with van der Waals surface area (Å²) < 4.78 is 5.29. The van der Waals surface area contributed by atoms with Gasteiger partial charge in [0.2, 0.25) is 0 Å². The Hall–Kier alpha value is -1.16. The second kappa shape index (κ2) is 5.87. The van der Waals surface area contributed by atoms with Crippen molar-refractivity contribution in [2.24, 2.45) is 0 Å². The quantitative estimate of drug-likeness (QED) is 0.859. The molecule has 19 heavy (non-hydrogen) atoms. The van der Waals surface area contributed by atoms with Crippen molar-refractivity contribution in [3.05, 3.63) is 29.8 Å². The van der Waals surface area contributed by atoms with Crippen LogP contribution in [0.3, 0.4) is 0 Å². The Kier molecular flexibility index (Phi) is 4.40. The maximum Gasteiger partial charge on any atom is 0.332 e. The van der Waals surface area contributed by atoms with E-state index < -0.39 is 5.54 Å². The minimum atomic E-state index is -0.589. The number of hydrogen-bond acceptors (Lipinski definition) is 4. The number of anilines is 1. The number of benzene rings is 1. The average Bonchev–Trinajstić information content (AvgIpc) is 2.72. The van der Waals surface area contributed by atoms with E-state index in [2.05, 4.69) is 31.3 Å². The summed E-state index contributed by atoms with van der Waals surface area (Å²) >= 11 is 1.82. The highest BCUT2D eigenvalue weighted by atomic mass is 32.2. The topological polar surface area (TPSA) is 38.3 Å². The molecule has 1 fully saturated rings. The molecule has 0 aliphatic carbocycles. The van der Waals surface area contributed by atoms with Crippen LogP contribution < -0.4 is 5.32 Å². The smallest absolute Gasteiger partial charge is 0.332 e. The van der Waals surface area contributed by atoms with Crippen LogP contribution in [-0.2, 0) is 9.53 Å². The second-order valence-corrected chi connectivity index (χ2v) is 6.40. The lowest BCUT2D eigenvalue weighted by atomic mass is 9.92. The first kappa shape index (κ1) is 14.3. The zero-order valence-corrected chi connectivity index (χ0v) is 12.5. The largest absolute Gasteiger partial charge is 0.464 e. The number of carbonyl (C=O) groups excluding carboxylic acids is 1. The molecule has 1 aromatic carbocycles. The molecule has 1 aliphatic heterocycles. The van der Waals surface area contributed by atoms with Crippen LogP contribution >= 0.6 is 11.8 Å². The molecular weight excluding hydrogens is 258 g/mol. The van der Waals surface area contributed by atoms with Gasteiger partial charge in [-0.25, -0.2) is 4.79 Å². The third-order valence-corrected chi connectivity index (χ3v) is 4.93. The molecule has 2 atom stereocenters. The van der Waals surface area contributed by atoms with Gasteiger partial charge in [-0.1, -0.05) is 19.1 Å². The summed E-state index contributed by atoms with van der Waals surface area (Å²) in [4.78, 5) is 12.4. The fourth-order valence-corrected chi connectivity index (χ4v) is 3.82. The minimum absolute atomic E-state index is 0.131. The van der Waals surface area contributed by atoms with Gasteiger partial charge >= 0.3 is 5.97 Å². The Labute approximate surface area is 119 Å². The molecule has 0 radical (unpaired) electrons. The highest BCUT2D eigenvalue weighted by Gasteiger charge is 2.48. The Morgan fingerprint density at radius 2 is 2.37 bits per heavy atom. The molecule has 1 saturated heterocycles. The average molecular weight is 279 g/mol. The van der Waals surface area contributed by atoms with E-state index in [9.17, 15) is 4.79 Å². The van der Waals surface area contributed by atoms with Gasteiger partial charge in [0, 0.05) is 10.9 Å². The van der Waals surface area contributed by atoms with E-state index in [0.29, 0.717) is 6.61 Å². The predicted molar refractivity (Wildman–Crippen MR) is 80.7 cm³/mol. The molecule has 0 saturated carbocycles. The van der Waals surface area contributed by atoms with Gasteiger partial charge in [-0.2, -0.15) is 11.8 Å². The van der Waals surface area contributed by atoms with Gasteiger partial charge < -0.3 is 10.1 Å².